The molecule has 6 nitrogen and oxygen atoms in total. The summed E-state index contributed by atoms with van der Waals surface area (Å²) in [7, 11) is 0. The van der Waals surface area contributed by atoms with Gasteiger partial charge in [-0.25, -0.2) is 0 Å². The van der Waals surface area contributed by atoms with Crippen LogP contribution in [0.4, 0.5) is 0 Å². The summed E-state index contributed by atoms with van der Waals surface area (Å²) in [6.45, 7) is 1.84. The van der Waals surface area contributed by atoms with Crippen LogP contribution in [0.5, 0.6) is 11.5 Å². The Labute approximate surface area is 154 Å². The van der Waals surface area contributed by atoms with Crippen molar-refractivity contribution in [1.82, 2.24) is 9.55 Å². The van der Waals surface area contributed by atoms with Gasteiger partial charge in [0.15, 0.2) is 11.3 Å². The number of rotatable bonds is 2. The molecular formula is C21H15N3O3. The van der Waals surface area contributed by atoms with Crippen molar-refractivity contribution >= 4 is 11.0 Å². The molecule has 0 bridgehead atoms. The first-order chi connectivity index (χ1) is 13.0. The molecule has 6 heteroatoms. The fourth-order valence-corrected chi connectivity index (χ4v) is 3.20. The minimum atomic E-state index is -0.620. The number of hydrogen-bond acceptors (Lipinski definition) is 4. The van der Waals surface area contributed by atoms with Crippen LogP contribution in [-0.2, 0) is 0 Å². The van der Waals surface area contributed by atoms with Gasteiger partial charge in [-0.15, -0.1) is 0 Å². The average molecular weight is 357 g/mol. The number of hydrogen-bond donors (Lipinski definition) is 3. The lowest BCUT2D eigenvalue weighted by molar-refractivity contribution is 0.473. The zero-order valence-corrected chi connectivity index (χ0v) is 14.4. The van der Waals surface area contributed by atoms with Crippen LogP contribution in [0.15, 0.2) is 59.5 Å². The summed E-state index contributed by atoms with van der Waals surface area (Å²) in [6, 6.07) is 16.4. The van der Waals surface area contributed by atoms with E-state index in [9.17, 15) is 15.0 Å². The maximum atomic E-state index is 11.8. The van der Waals surface area contributed by atoms with Crippen molar-refractivity contribution < 1.29 is 10.2 Å². The molecule has 0 saturated carbocycles. The highest BCUT2D eigenvalue weighted by Crippen LogP contribution is 2.33. The van der Waals surface area contributed by atoms with Crippen molar-refractivity contribution in [2.24, 2.45) is 0 Å². The first-order valence-corrected chi connectivity index (χ1v) is 8.27. The van der Waals surface area contributed by atoms with Gasteiger partial charge in [0.1, 0.15) is 17.3 Å². The normalized spacial score (nSPS) is 10.8. The minimum Gasteiger partial charge on any atom is -0.507 e. The summed E-state index contributed by atoms with van der Waals surface area (Å²) in [4.78, 5) is 14.4. The molecule has 0 aliphatic carbocycles. The summed E-state index contributed by atoms with van der Waals surface area (Å²) in [5.41, 5.74) is 2.99. The molecule has 0 amide bonds. The number of aromatic nitrogens is 2. The molecular weight excluding hydrogens is 342 g/mol. The smallest absolute Gasteiger partial charge is 0.270 e. The molecule has 0 spiro atoms. The minimum absolute atomic E-state index is 0.241. The average Bonchev–Trinajstić information content (AvgIpc) is 3.08. The number of benzene rings is 2. The molecule has 0 aliphatic heterocycles. The number of nitrogens with zero attached hydrogens (tertiary/aromatic N) is 2. The first-order valence-electron chi connectivity index (χ1n) is 8.27. The van der Waals surface area contributed by atoms with Gasteiger partial charge < -0.3 is 19.8 Å². The highest BCUT2D eigenvalue weighted by molar-refractivity contribution is 5.86. The Morgan fingerprint density at radius 3 is 2.48 bits per heavy atom. The fourth-order valence-electron chi connectivity index (χ4n) is 3.20. The quantitative estimate of drug-likeness (QED) is 0.510. The maximum Gasteiger partial charge on any atom is 0.270 e. The Kier molecular flexibility index (Phi) is 3.71. The zero-order valence-electron chi connectivity index (χ0n) is 14.4. The molecule has 0 aliphatic rings. The Morgan fingerprint density at radius 2 is 1.78 bits per heavy atom. The maximum absolute atomic E-state index is 11.8. The zero-order chi connectivity index (χ0) is 19.1. The second kappa shape index (κ2) is 6.07. The Morgan fingerprint density at radius 1 is 1.04 bits per heavy atom. The summed E-state index contributed by atoms with van der Waals surface area (Å²) in [5, 5.41) is 29.7. The lowest BCUT2D eigenvalue weighted by atomic mass is 10.0. The van der Waals surface area contributed by atoms with Gasteiger partial charge in [0, 0.05) is 17.4 Å². The van der Waals surface area contributed by atoms with E-state index in [2.05, 4.69) is 4.98 Å². The SMILES string of the molecule is Cc1cccc(-c2ccc(-n3ccc4[nH]c(=O)c(C#N)c(O)c43)cc2)c1O. The predicted molar refractivity (Wildman–Crippen MR) is 102 cm³/mol. The number of fused-ring (bicyclic) bond motifs is 1. The first kappa shape index (κ1) is 16.5. The van der Waals surface area contributed by atoms with Crippen LogP contribution < -0.4 is 5.56 Å². The van der Waals surface area contributed by atoms with Crippen molar-refractivity contribution in [1.29, 1.82) is 5.26 Å². The van der Waals surface area contributed by atoms with Crippen molar-refractivity contribution in [2.45, 2.75) is 6.92 Å². The third kappa shape index (κ3) is 2.53. The molecule has 3 N–H and O–H groups in total. The van der Waals surface area contributed by atoms with E-state index in [1.54, 1.807) is 22.9 Å². The largest absolute Gasteiger partial charge is 0.507 e. The van der Waals surface area contributed by atoms with Crippen molar-refractivity contribution in [3.8, 4) is 34.4 Å². The van der Waals surface area contributed by atoms with Crippen LogP contribution in [0.1, 0.15) is 11.1 Å². The highest BCUT2D eigenvalue weighted by Gasteiger charge is 2.16. The monoisotopic (exact) mass is 357 g/mol. The fraction of sp³-hybridized carbons (Fsp3) is 0.0476. The molecule has 2 aromatic carbocycles. The highest BCUT2D eigenvalue weighted by atomic mass is 16.3. The number of phenols is 1. The van der Waals surface area contributed by atoms with E-state index in [0.717, 1.165) is 22.4 Å². The van der Waals surface area contributed by atoms with Gasteiger partial charge in [0.05, 0.1) is 5.52 Å². The number of H-pyrrole nitrogens is 1. The van der Waals surface area contributed by atoms with E-state index in [0.29, 0.717) is 11.0 Å². The molecule has 4 rings (SSSR count). The molecule has 4 aromatic rings. The molecule has 132 valence electrons. The summed E-state index contributed by atoms with van der Waals surface area (Å²) >= 11 is 0. The standard InChI is InChI=1S/C21H15N3O3/c1-12-3-2-4-15(19(12)25)13-5-7-14(8-6-13)24-10-9-17-18(24)20(26)16(11-22)21(27)23-17/h2-10,25H,1H3,(H2,23,26,27). The molecule has 0 unspecified atom stereocenters. The second-order valence-corrected chi connectivity index (χ2v) is 6.26. The van der Waals surface area contributed by atoms with Gasteiger partial charge in [-0.2, -0.15) is 5.26 Å². The number of nitriles is 1. The van der Waals surface area contributed by atoms with Crippen LogP contribution in [0.3, 0.4) is 0 Å². The summed E-state index contributed by atoms with van der Waals surface area (Å²) in [6.07, 6.45) is 1.71. The second-order valence-electron chi connectivity index (χ2n) is 6.26. The van der Waals surface area contributed by atoms with E-state index in [1.807, 2.05) is 49.4 Å². The van der Waals surface area contributed by atoms with E-state index in [-0.39, 0.29) is 17.1 Å². The lowest BCUT2D eigenvalue weighted by Gasteiger charge is -2.10. The van der Waals surface area contributed by atoms with E-state index in [4.69, 9.17) is 5.26 Å². The van der Waals surface area contributed by atoms with Crippen LogP contribution in [0.2, 0.25) is 0 Å². The molecule has 0 radical (unpaired) electrons. The third-order valence-corrected chi connectivity index (χ3v) is 4.63. The van der Waals surface area contributed by atoms with Crippen molar-refractivity contribution in [2.75, 3.05) is 0 Å². The van der Waals surface area contributed by atoms with Crippen molar-refractivity contribution in [3.05, 3.63) is 76.2 Å². The number of nitrogens with one attached hydrogen (secondary N) is 1. The van der Waals surface area contributed by atoms with Crippen LogP contribution in [0, 0.1) is 18.3 Å². The number of aryl methyl sites for hydroxylation is 1. The summed E-state index contributed by atoms with van der Waals surface area (Å²) in [5.74, 6) is -0.104. The van der Waals surface area contributed by atoms with E-state index < -0.39 is 5.56 Å². The van der Waals surface area contributed by atoms with Crippen molar-refractivity contribution in [3.63, 3.8) is 0 Å². The molecule has 2 heterocycles. The number of phenolic OH excluding ortho intramolecular Hbond substituents is 1. The topological polar surface area (TPSA) is 102 Å². The van der Waals surface area contributed by atoms with E-state index in [1.165, 1.54) is 0 Å². The van der Waals surface area contributed by atoms with Gasteiger partial charge in [-0.05, 0) is 36.2 Å². The Hall–Kier alpha value is -3.98. The van der Waals surface area contributed by atoms with Gasteiger partial charge in [-0.1, -0.05) is 30.3 Å². The molecule has 2 aromatic heterocycles. The summed E-state index contributed by atoms with van der Waals surface area (Å²) < 4.78 is 1.70. The Balaban J connectivity index is 1.85. The Bertz CT molecular complexity index is 1280. The van der Waals surface area contributed by atoms with Gasteiger partial charge in [-0.3, -0.25) is 4.79 Å². The number of para-hydroxylation sites is 1. The molecule has 27 heavy (non-hydrogen) atoms. The van der Waals surface area contributed by atoms with Crippen LogP contribution in [0.25, 0.3) is 27.8 Å². The van der Waals surface area contributed by atoms with Gasteiger partial charge >= 0.3 is 0 Å². The number of aromatic hydroxyl groups is 2. The van der Waals surface area contributed by atoms with Crippen LogP contribution in [-0.4, -0.2) is 19.8 Å². The van der Waals surface area contributed by atoms with Crippen LogP contribution >= 0.6 is 0 Å². The predicted octanol–water partition coefficient (Wildman–Crippen LogP) is 3.58. The number of pyridine rings is 1. The molecule has 0 saturated heterocycles. The third-order valence-electron chi connectivity index (χ3n) is 4.63. The number of aromatic amines is 1. The molecule has 0 fully saturated rings. The lowest BCUT2D eigenvalue weighted by Crippen LogP contribution is -2.10. The van der Waals surface area contributed by atoms with Gasteiger partial charge in [0.25, 0.3) is 5.56 Å². The van der Waals surface area contributed by atoms with Gasteiger partial charge in [0.2, 0.25) is 0 Å². The molecule has 0 atom stereocenters. The van der Waals surface area contributed by atoms with E-state index >= 15 is 0 Å².